The van der Waals surface area contributed by atoms with Crippen molar-refractivity contribution < 1.29 is 0 Å². The Morgan fingerprint density at radius 2 is 0.455 bits per heavy atom. The van der Waals surface area contributed by atoms with Crippen LogP contribution in [0.2, 0.25) is 0 Å². The van der Waals surface area contributed by atoms with E-state index >= 15 is 0 Å². The topological polar surface area (TPSA) is 19.4 Å². The van der Waals surface area contributed by atoms with Gasteiger partial charge in [-0.1, -0.05) is 12.1 Å². The predicted octanol–water partition coefficient (Wildman–Crippen LogP) is 8.89. The number of nitrogens with zero attached hydrogens (tertiary/aromatic N) is 6. The fourth-order valence-electron chi connectivity index (χ4n) is 5.27. The second-order valence-electron chi connectivity index (χ2n) is 11.6. The molecule has 0 aliphatic heterocycles. The molecule has 0 radical (unpaired) electrons. The van der Waals surface area contributed by atoms with Crippen molar-refractivity contribution in [2.24, 2.45) is 0 Å². The Bertz CT molecular complexity index is 1530. The molecule has 0 amide bonds. The summed E-state index contributed by atoms with van der Waals surface area (Å²) in [5, 5.41) is 0. The van der Waals surface area contributed by atoms with Gasteiger partial charge in [-0.05, 0) is 109 Å². The summed E-state index contributed by atoms with van der Waals surface area (Å²) < 4.78 is 0. The molecule has 0 saturated carbocycles. The van der Waals surface area contributed by atoms with Crippen LogP contribution in [0.3, 0.4) is 0 Å². The van der Waals surface area contributed by atoms with Gasteiger partial charge < -0.3 is 29.4 Å². The van der Waals surface area contributed by atoms with Crippen molar-refractivity contribution in [1.29, 1.82) is 0 Å². The third-order valence-corrected chi connectivity index (χ3v) is 8.34. The Hall–Kier alpha value is -5.10. The fourth-order valence-corrected chi connectivity index (χ4v) is 5.27. The van der Waals surface area contributed by atoms with Crippen molar-refractivity contribution >= 4 is 56.9 Å². The highest BCUT2D eigenvalue weighted by molar-refractivity contribution is 5.75. The molecule has 0 aliphatic carbocycles. The van der Waals surface area contributed by atoms with Gasteiger partial charge in [0.2, 0.25) is 0 Å². The Balaban J connectivity index is 1.29. The summed E-state index contributed by atoms with van der Waals surface area (Å²) in [6.07, 6.45) is 0. The summed E-state index contributed by atoms with van der Waals surface area (Å²) in [5.74, 6) is 0. The van der Waals surface area contributed by atoms with E-state index in [0.29, 0.717) is 0 Å². The number of hydrogen-bond donors (Lipinski definition) is 0. The maximum atomic E-state index is 2.23. The normalized spacial score (nSPS) is 10.7. The number of anilines is 10. The lowest BCUT2D eigenvalue weighted by molar-refractivity contribution is 1.12. The van der Waals surface area contributed by atoms with Crippen LogP contribution >= 0.6 is 0 Å². The van der Waals surface area contributed by atoms with Gasteiger partial charge in [-0.3, -0.25) is 0 Å². The van der Waals surface area contributed by atoms with Crippen LogP contribution in [0.5, 0.6) is 0 Å². The highest BCUT2D eigenvalue weighted by Gasteiger charge is 2.12. The molecule has 0 N–H and O–H groups in total. The van der Waals surface area contributed by atoms with Crippen LogP contribution in [-0.4, -0.2) is 56.4 Å². The number of rotatable bonds is 10. The molecule has 0 fully saturated rings. The Labute approximate surface area is 263 Å². The predicted molar refractivity (Wildman–Crippen MR) is 193 cm³/mol. The van der Waals surface area contributed by atoms with Crippen LogP contribution in [0, 0.1) is 0 Å². The number of hydrogen-bond acceptors (Lipinski definition) is 6. The molecule has 5 aromatic carbocycles. The van der Waals surface area contributed by atoms with Crippen LogP contribution in [0.4, 0.5) is 56.9 Å². The minimum Gasteiger partial charge on any atom is -0.378 e. The summed E-state index contributed by atoms with van der Waals surface area (Å²) in [5.41, 5.74) is 11.5. The second-order valence-corrected chi connectivity index (χ2v) is 11.6. The third kappa shape index (κ3) is 6.60. The molecular formula is C38H44N6. The van der Waals surface area contributed by atoms with Crippen molar-refractivity contribution in [2.45, 2.75) is 0 Å². The highest BCUT2D eigenvalue weighted by Crippen LogP contribution is 2.34. The van der Waals surface area contributed by atoms with E-state index in [1.165, 1.54) is 11.4 Å². The van der Waals surface area contributed by atoms with Gasteiger partial charge in [-0.2, -0.15) is 0 Å². The first-order valence-corrected chi connectivity index (χ1v) is 14.9. The molecule has 0 saturated heterocycles. The van der Waals surface area contributed by atoms with E-state index in [4.69, 9.17) is 0 Å². The van der Waals surface area contributed by atoms with E-state index in [9.17, 15) is 0 Å². The molecule has 6 nitrogen and oxygen atoms in total. The minimum atomic E-state index is 1.13. The minimum absolute atomic E-state index is 1.13. The van der Waals surface area contributed by atoms with Crippen molar-refractivity contribution in [2.75, 3.05) is 85.8 Å². The second kappa shape index (κ2) is 13.0. The SMILES string of the molecule is CN(C)c1ccc(N(C)c2cccc(N(C)c3ccc(N(C)c4cccc(N(C)c5ccc(N(C)C)cc5)c4)cc3)c2)cc1. The van der Waals surface area contributed by atoms with E-state index in [1.807, 2.05) is 0 Å². The maximum absolute atomic E-state index is 2.23. The molecule has 5 aromatic rings. The molecule has 226 valence electrons. The van der Waals surface area contributed by atoms with Gasteiger partial charge in [0.05, 0.1) is 0 Å². The van der Waals surface area contributed by atoms with Gasteiger partial charge in [0.15, 0.2) is 0 Å². The largest absolute Gasteiger partial charge is 0.378 e. The van der Waals surface area contributed by atoms with Crippen LogP contribution in [0.25, 0.3) is 0 Å². The summed E-state index contributed by atoms with van der Waals surface area (Å²) in [4.78, 5) is 13.1. The van der Waals surface area contributed by atoms with Crippen molar-refractivity contribution in [3.8, 4) is 0 Å². The molecule has 6 heteroatoms. The molecule has 0 spiro atoms. The molecule has 44 heavy (non-hydrogen) atoms. The van der Waals surface area contributed by atoms with Crippen molar-refractivity contribution in [1.82, 2.24) is 0 Å². The van der Waals surface area contributed by atoms with Gasteiger partial charge in [0.1, 0.15) is 0 Å². The molecule has 0 unspecified atom stereocenters. The van der Waals surface area contributed by atoms with E-state index in [0.717, 1.165) is 45.5 Å². The van der Waals surface area contributed by atoms with Gasteiger partial charge in [0, 0.05) is 113 Å². The van der Waals surface area contributed by atoms with Gasteiger partial charge >= 0.3 is 0 Å². The van der Waals surface area contributed by atoms with E-state index < -0.39 is 0 Å². The molecule has 5 rings (SSSR count). The van der Waals surface area contributed by atoms with Crippen LogP contribution in [0.15, 0.2) is 121 Å². The van der Waals surface area contributed by atoms with Crippen molar-refractivity contribution in [3.05, 3.63) is 121 Å². The zero-order valence-corrected chi connectivity index (χ0v) is 27.2. The first kappa shape index (κ1) is 30.4. The lowest BCUT2D eigenvalue weighted by atomic mass is 10.1. The summed E-state index contributed by atoms with van der Waals surface area (Å²) in [7, 11) is 16.7. The Morgan fingerprint density at radius 3 is 0.659 bits per heavy atom. The standard InChI is InChI=1S/C38H44N6/c1-39(2)29-15-19-31(20-16-29)41(5)35-11-9-13-37(27-35)43(7)33-23-25-34(26-24-33)44(8)38-14-10-12-36(28-38)42(6)32-21-17-30(18-22-32)40(3)4/h9-28H,1-8H3. The summed E-state index contributed by atoms with van der Waals surface area (Å²) >= 11 is 0. The molecule has 0 aliphatic rings. The van der Waals surface area contributed by atoms with Gasteiger partial charge in [-0.25, -0.2) is 0 Å². The third-order valence-electron chi connectivity index (χ3n) is 8.34. The highest BCUT2D eigenvalue weighted by atomic mass is 15.1. The fraction of sp³-hybridized carbons (Fsp3) is 0.211. The van der Waals surface area contributed by atoms with Crippen LogP contribution in [-0.2, 0) is 0 Å². The Morgan fingerprint density at radius 1 is 0.250 bits per heavy atom. The summed E-state index contributed by atoms with van der Waals surface area (Å²) in [6, 6.07) is 43.3. The average Bonchev–Trinajstić information content (AvgIpc) is 3.07. The first-order valence-electron chi connectivity index (χ1n) is 14.9. The molecule has 0 bridgehead atoms. The zero-order valence-electron chi connectivity index (χ0n) is 27.2. The lowest BCUT2D eigenvalue weighted by Gasteiger charge is -2.26. The average molecular weight is 585 g/mol. The molecular weight excluding hydrogens is 540 g/mol. The van der Waals surface area contributed by atoms with Gasteiger partial charge in [-0.15, -0.1) is 0 Å². The number of benzene rings is 5. The van der Waals surface area contributed by atoms with Gasteiger partial charge in [0.25, 0.3) is 0 Å². The van der Waals surface area contributed by atoms with E-state index in [2.05, 4.69) is 207 Å². The van der Waals surface area contributed by atoms with Crippen LogP contribution < -0.4 is 29.4 Å². The monoisotopic (exact) mass is 584 g/mol. The quantitative estimate of drug-likeness (QED) is 0.162. The molecule has 0 aromatic heterocycles. The molecule has 0 atom stereocenters. The zero-order chi connectivity index (χ0) is 31.4. The van der Waals surface area contributed by atoms with Crippen LogP contribution in [0.1, 0.15) is 0 Å². The maximum Gasteiger partial charge on any atom is 0.0429 e. The first-order chi connectivity index (χ1) is 21.1. The van der Waals surface area contributed by atoms with E-state index in [-0.39, 0.29) is 0 Å². The summed E-state index contributed by atoms with van der Waals surface area (Å²) in [6.45, 7) is 0. The Kier molecular flexibility index (Phi) is 9.00. The lowest BCUT2D eigenvalue weighted by Crippen LogP contribution is -2.14. The van der Waals surface area contributed by atoms with Crippen molar-refractivity contribution in [3.63, 3.8) is 0 Å². The molecule has 0 heterocycles. The van der Waals surface area contributed by atoms with E-state index in [1.54, 1.807) is 0 Å². The smallest absolute Gasteiger partial charge is 0.0429 e.